The van der Waals surface area contributed by atoms with Crippen LogP contribution in [0.2, 0.25) is 0 Å². The Kier molecular flexibility index (Phi) is 4.01. The molecule has 12 heavy (non-hydrogen) atoms. The lowest BCUT2D eigenvalue weighted by Crippen LogP contribution is -2.16. The molecule has 1 rings (SSSR count). The Morgan fingerprint density at radius 2 is 2.00 bits per heavy atom. The minimum Gasteiger partial charge on any atom is -0.490 e. The summed E-state index contributed by atoms with van der Waals surface area (Å²) in [5.74, 6) is 1.57. The van der Waals surface area contributed by atoms with Crippen LogP contribution in [0.5, 0.6) is 5.75 Å². The molecule has 1 nitrogen and oxygen atoms in total. The quantitative estimate of drug-likeness (QED) is 0.693. The van der Waals surface area contributed by atoms with Gasteiger partial charge in [-0.2, -0.15) is 0 Å². The van der Waals surface area contributed by atoms with Crippen LogP contribution in [0.3, 0.4) is 0 Å². The van der Waals surface area contributed by atoms with Crippen LogP contribution in [0.4, 0.5) is 0 Å². The van der Waals surface area contributed by atoms with Crippen molar-refractivity contribution in [3.05, 3.63) is 30.3 Å². The number of rotatable bonds is 4. The van der Waals surface area contributed by atoms with Crippen LogP contribution in [-0.2, 0) is 0 Å². The van der Waals surface area contributed by atoms with E-state index in [1.807, 2.05) is 30.3 Å². The van der Waals surface area contributed by atoms with Crippen LogP contribution < -0.4 is 4.74 Å². The second kappa shape index (κ2) is 5.09. The molecule has 0 amide bonds. The standard InChI is InChI=1S/C10H13OS/c1-2-9(8-12)11-10-6-4-3-5-7-10/h3-7,9H,2,8H2,1H3. The molecular formula is C10H13OS. The van der Waals surface area contributed by atoms with Crippen molar-refractivity contribution in [1.82, 2.24) is 0 Å². The molecule has 1 atom stereocenters. The fourth-order valence-corrected chi connectivity index (χ4v) is 1.23. The molecule has 0 aliphatic rings. The van der Waals surface area contributed by atoms with Gasteiger partial charge in [0.25, 0.3) is 0 Å². The average Bonchev–Trinajstić information content (AvgIpc) is 2.16. The lowest BCUT2D eigenvalue weighted by atomic mass is 10.3. The van der Waals surface area contributed by atoms with Gasteiger partial charge in [0.15, 0.2) is 0 Å². The molecule has 0 fully saturated rings. The van der Waals surface area contributed by atoms with E-state index in [-0.39, 0.29) is 6.10 Å². The van der Waals surface area contributed by atoms with Crippen LogP contribution in [0.25, 0.3) is 0 Å². The zero-order valence-electron chi connectivity index (χ0n) is 7.19. The summed E-state index contributed by atoms with van der Waals surface area (Å²) in [6, 6.07) is 9.81. The third kappa shape index (κ3) is 2.78. The second-order valence-electron chi connectivity index (χ2n) is 2.63. The third-order valence-electron chi connectivity index (χ3n) is 1.69. The van der Waals surface area contributed by atoms with Crippen LogP contribution >= 0.6 is 12.6 Å². The monoisotopic (exact) mass is 181 g/mol. The van der Waals surface area contributed by atoms with Crippen molar-refractivity contribution in [2.24, 2.45) is 0 Å². The highest BCUT2D eigenvalue weighted by molar-refractivity contribution is 7.80. The lowest BCUT2D eigenvalue weighted by molar-refractivity contribution is 0.222. The van der Waals surface area contributed by atoms with Gasteiger partial charge in [0, 0.05) is 5.75 Å². The Morgan fingerprint density at radius 3 is 2.50 bits per heavy atom. The Labute approximate surface area is 79.2 Å². The van der Waals surface area contributed by atoms with Gasteiger partial charge in [0.05, 0.1) is 0 Å². The Balaban J connectivity index is 2.51. The van der Waals surface area contributed by atoms with Gasteiger partial charge in [-0.1, -0.05) is 37.8 Å². The summed E-state index contributed by atoms with van der Waals surface area (Å²) in [6.07, 6.45) is 1.15. The molecule has 65 valence electrons. The van der Waals surface area contributed by atoms with Gasteiger partial charge in [-0.05, 0) is 18.6 Å². The first-order chi connectivity index (χ1) is 5.86. The van der Waals surface area contributed by atoms with E-state index in [9.17, 15) is 0 Å². The van der Waals surface area contributed by atoms with Crippen molar-refractivity contribution >= 4 is 12.6 Å². The molecule has 0 bridgehead atoms. The molecule has 1 aromatic rings. The van der Waals surface area contributed by atoms with Crippen LogP contribution in [0.1, 0.15) is 13.3 Å². The van der Waals surface area contributed by atoms with E-state index in [1.54, 1.807) is 0 Å². The fraction of sp³-hybridized carbons (Fsp3) is 0.400. The summed E-state index contributed by atoms with van der Waals surface area (Å²) >= 11 is 4.95. The first-order valence-corrected chi connectivity index (χ1v) is 4.74. The molecule has 1 unspecified atom stereocenters. The largest absolute Gasteiger partial charge is 0.490 e. The van der Waals surface area contributed by atoms with E-state index in [1.165, 1.54) is 0 Å². The first kappa shape index (κ1) is 9.46. The molecule has 1 aromatic carbocycles. The number of hydrogen-bond donors (Lipinski definition) is 0. The Bertz CT molecular complexity index is 206. The van der Waals surface area contributed by atoms with Gasteiger partial charge in [-0.3, -0.25) is 0 Å². The van der Waals surface area contributed by atoms with Gasteiger partial charge >= 0.3 is 0 Å². The Hall–Kier alpha value is -0.630. The van der Waals surface area contributed by atoms with Crippen LogP contribution in [-0.4, -0.2) is 11.9 Å². The van der Waals surface area contributed by atoms with E-state index in [0.29, 0.717) is 5.75 Å². The first-order valence-electron chi connectivity index (χ1n) is 4.16. The van der Waals surface area contributed by atoms with Crippen LogP contribution in [0.15, 0.2) is 30.3 Å². The van der Waals surface area contributed by atoms with E-state index in [0.717, 1.165) is 12.2 Å². The Morgan fingerprint density at radius 1 is 1.33 bits per heavy atom. The predicted octanol–water partition coefficient (Wildman–Crippen LogP) is 3.04. The number of benzene rings is 1. The average molecular weight is 181 g/mol. The number of para-hydroxylation sites is 1. The van der Waals surface area contributed by atoms with Gasteiger partial charge in [0.2, 0.25) is 0 Å². The molecule has 0 aliphatic heterocycles. The normalized spacial score (nSPS) is 12.5. The van der Waals surface area contributed by atoms with Gasteiger partial charge < -0.3 is 4.74 Å². The molecule has 0 spiro atoms. The summed E-state index contributed by atoms with van der Waals surface area (Å²) in [5.41, 5.74) is 0. The van der Waals surface area contributed by atoms with Gasteiger partial charge in [-0.25, -0.2) is 0 Å². The van der Waals surface area contributed by atoms with E-state index < -0.39 is 0 Å². The zero-order chi connectivity index (χ0) is 8.81. The van der Waals surface area contributed by atoms with Gasteiger partial charge in [0.1, 0.15) is 11.9 Å². The molecular weight excluding hydrogens is 168 g/mol. The van der Waals surface area contributed by atoms with E-state index in [2.05, 4.69) is 6.92 Å². The van der Waals surface area contributed by atoms with Crippen molar-refractivity contribution < 1.29 is 4.74 Å². The summed E-state index contributed by atoms with van der Waals surface area (Å²) < 4.78 is 5.61. The topological polar surface area (TPSA) is 9.23 Å². The van der Waals surface area contributed by atoms with Crippen LogP contribution in [0, 0.1) is 0 Å². The van der Waals surface area contributed by atoms with Crippen molar-refractivity contribution in [3.8, 4) is 5.75 Å². The van der Waals surface area contributed by atoms with Crippen molar-refractivity contribution in [2.45, 2.75) is 19.4 Å². The summed E-state index contributed by atoms with van der Waals surface area (Å²) in [7, 11) is 0. The molecule has 0 aliphatic carbocycles. The highest BCUT2D eigenvalue weighted by Crippen LogP contribution is 2.12. The van der Waals surface area contributed by atoms with Crippen molar-refractivity contribution in [3.63, 3.8) is 0 Å². The SMILES string of the molecule is CCC(C[S])Oc1ccccc1. The highest BCUT2D eigenvalue weighted by atomic mass is 32.1. The van der Waals surface area contributed by atoms with Gasteiger partial charge in [-0.15, -0.1) is 0 Å². The number of ether oxygens (including phenoxy) is 1. The maximum absolute atomic E-state index is 5.61. The molecule has 0 heterocycles. The highest BCUT2D eigenvalue weighted by Gasteiger charge is 2.04. The minimum absolute atomic E-state index is 0.183. The maximum Gasteiger partial charge on any atom is 0.119 e. The third-order valence-corrected chi connectivity index (χ3v) is 2.06. The fourth-order valence-electron chi connectivity index (χ4n) is 0.927. The smallest absolute Gasteiger partial charge is 0.119 e. The van der Waals surface area contributed by atoms with E-state index >= 15 is 0 Å². The summed E-state index contributed by atoms with van der Waals surface area (Å²) in [4.78, 5) is 0. The summed E-state index contributed by atoms with van der Waals surface area (Å²) in [6.45, 7) is 2.08. The van der Waals surface area contributed by atoms with Crippen molar-refractivity contribution in [2.75, 3.05) is 5.75 Å². The molecule has 0 aromatic heterocycles. The molecule has 2 heteroatoms. The molecule has 1 radical (unpaired) electrons. The molecule has 0 saturated carbocycles. The lowest BCUT2D eigenvalue weighted by Gasteiger charge is -2.14. The van der Waals surface area contributed by atoms with E-state index in [4.69, 9.17) is 17.4 Å². The number of hydrogen-bond acceptors (Lipinski definition) is 1. The molecule has 0 N–H and O–H groups in total. The summed E-state index contributed by atoms with van der Waals surface area (Å²) in [5, 5.41) is 0. The minimum atomic E-state index is 0.183. The molecule has 0 saturated heterocycles. The zero-order valence-corrected chi connectivity index (χ0v) is 8.01. The van der Waals surface area contributed by atoms with Crippen molar-refractivity contribution in [1.29, 1.82) is 0 Å². The predicted molar refractivity (Wildman–Crippen MR) is 53.6 cm³/mol. The maximum atomic E-state index is 5.61. The second-order valence-corrected chi connectivity index (χ2v) is 2.96.